The van der Waals surface area contributed by atoms with Crippen LogP contribution in [0.1, 0.15) is 26.0 Å². The van der Waals surface area contributed by atoms with Gasteiger partial charge in [0.2, 0.25) is 0 Å². The minimum atomic E-state index is -2.89. The topological polar surface area (TPSA) is 33.1 Å². The molecule has 1 N–H and O–H groups in total. The van der Waals surface area contributed by atoms with Crippen molar-refractivity contribution in [3.63, 3.8) is 0 Å². The zero-order valence-electron chi connectivity index (χ0n) is 14.1. The molecule has 2 aromatic carbocycles. The Morgan fingerprint density at radius 1 is 0.958 bits per heavy atom. The second-order valence-electron chi connectivity index (χ2n) is 6.81. The summed E-state index contributed by atoms with van der Waals surface area (Å²) >= 11 is 1.63. The predicted octanol–water partition coefficient (Wildman–Crippen LogP) is 3.61. The van der Waals surface area contributed by atoms with Crippen molar-refractivity contribution >= 4 is 30.0 Å². The summed E-state index contributed by atoms with van der Waals surface area (Å²) < 4.78 is 0. The first-order valence-electron chi connectivity index (χ1n) is 8.24. The van der Waals surface area contributed by atoms with Gasteiger partial charge in [-0.15, -0.1) is 11.3 Å². The normalized spacial score (nSPS) is 12.3. The van der Waals surface area contributed by atoms with Crippen molar-refractivity contribution in [2.45, 2.75) is 31.7 Å². The summed E-state index contributed by atoms with van der Waals surface area (Å²) in [6, 6.07) is 20.4. The predicted molar refractivity (Wildman–Crippen MR) is 105 cm³/mol. The van der Waals surface area contributed by atoms with Gasteiger partial charge in [-0.3, -0.25) is 0 Å². The quantitative estimate of drug-likeness (QED) is 0.687. The molecule has 2 nitrogen and oxygen atoms in total. The molecule has 0 aliphatic carbocycles. The van der Waals surface area contributed by atoms with Gasteiger partial charge in [-0.2, -0.15) is 0 Å². The van der Waals surface area contributed by atoms with E-state index in [4.69, 9.17) is 0 Å². The molecule has 124 valence electrons. The zero-order valence-corrected chi connectivity index (χ0v) is 16.0. The van der Waals surface area contributed by atoms with E-state index in [-0.39, 0.29) is 5.04 Å². The Balaban J connectivity index is 2.00. The van der Waals surface area contributed by atoms with Crippen LogP contribution in [-0.4, -0.2) is 18.1 Å². The maximum Gasteiger partial charge on any atom is 0.258 e. The second kappa shape index (κ2) is 7.01. The van der Waals surface area contributed by atoms with Gasteiger partial charge in [-0.25, -0.2) is 4.98 Å². The highest BCUT2D eigenvalue weighted by Gasteiger charge is 2.49. The summed E-state index contributed by atoms with van der Waals surface area (Å²) in [7, 11) is -2.89. The minimum Gasteiger partial charge on any atom is -0.424 e. The molecule has 1 aromatic heterocycles. The molecule has 0 aliphatic heterocycles. The lowest BCUT2D eigenvalue weighted by Gasteiger charge is -2.41. The van der Waals surface area contributed by atoms with Crippen LogP contribution in [0.2, 0.25) is 5.04 Å². The molecular formula is C20H23NOSSi. The Kier molecular flexibility index (Phi) is 4.99. The van der Waals surface area contributed by atoms with Crippen LogP contribution in [0.5, 0.6) is 0 Å². The summed E-state index contributed by atoms with van der Waals surface area (Å²) in [5.41, 5.74) is 2.99. The summed E-state index contributed by atoms with van der Waals surface area (Å²) in [6.07, 6.45) is 1.80. The van der Waals surface area contributed by atoms with E-state index in [2.05, 4.69) is 48.5 Å². The third kappa shape index (κ3) is 3.22. The van der Waals surface area contributed by atoms with Gasteiger partial charge in [0.25, 0.3) is 8.32 Å². The van der Waals surface area contributed by atoms with Crippen LogP contribution in [0.15, 0.2) is 71.6 Å². The van der Waals surface area contributed by atoms with Crippen LogP contribution < -0.4 is 10.4 Å². The molecule has 0 radical (unpaired) electrons. The number of nitrogens with zero attached hydrogens (tertiary/aromatic N) is 1. The third-order valence-electron chi connectivity index (χ3n) is 4.85. The average Bonchev–Trinajstić information content (AvgIpc) is 3.14. The standard InChI is InChI=1S/C20H23NOSSi/c1-20(2,14-13-17-15-23-16-21-17)24(22,18-9-5-3-6-10-18)19-11-7-4-8-12-19/h3-12,15-16,22H,13-14H2,1-2H3. The second-order valence-corrected chi connectivity index (χ2v) is 11.5. The highest BCUT2D eigenvalue weighted by molar-refractivity contribution is 7.07. The molecule has 4 heteroatoms. The molecule has 0 aliphatic rings. The van der Waals surface area contributed by atoms with E-state index in [1.165, 1.54) is 0 Å². The molecule has 0 atom stereocenters. The number of aromatic nitrogens is 1. The van der Waals surface area contributed by atoms with Crippen LogP contribution in [0.3, 0.4) is 0 Å². The molecular weight excluding hydrogens is 330 g/mol. The molecule has 0 amide bonds. The molecule has 0 saturated carbocycles. The molecule has 0 unspecified atom stereocenters. The Morgan fingerprint density at radius 2 is 1.50 bits per heavy atom. The van der Waals surface area contributed by atoms with Crippen LogP contribution in [0, 0.1) is 0 Å². The van der Waals surface area contributed by atoms with Crippen molar-refractivity contribution in [2.24, 2.45) is 0 Å². The smallest absolute Gasteiger partial charge is 0.258 e. The summed E-state index contributed by atoms with van der Waals surface area (Å²) in [4.78, 5) is 16.4. The fourth-order valence-electron chi connectivity index (χ4n) is 3.29. The third-order valence-corrected chi connectivity index (χ3v) is 10.0. The van der Waals surface area contributed by atoms with E-state index in [0.717, 1.165) is 28.9 Å². The number of hydrogen-bond donors (Lipinski definition) is 1. The summed E-state index contributed by atoms with van der Waals surface area (Å²) in [5, 5.41) is 4.03. The first-order valence-corrected chi connectivity index (χ1v) is 11.1. The minimum absolute atomic E-state index is 0.209. The first-order chi connectivity index (χ1) is 11.5. The van der Waals surface area contributed by atoms with Crippen LogP contribution in [-0.2, 0) is 6.42 Å². The maximum absolute atomic E-state index is 12.0. The first kappa shape index (κ1) is 17.1. The van der Waals surface area contributed by atoms with Gasteiger partial charge in [0, 0.05) is 5.38 Å². The molecule has 0 spiro atoms. The maximum atomic E-state index is 12.0. The van der Waals surface area contributed by atoms with Crippen molar-refractivity contribution in [1.82, 2.24) is 4.98 Å². The summed E-state index contributed by atoms with van der Waals surface area (Å²) in [6.45, 7) is 4.40. The van der Waals surface area contributed by atoms with Gasteiger partial charge in [0.1, 0.15) is 0 Å². The lowest BCUT2D eigenvalue weighted by molar-refractivity contribution is 0.465. The van der Waals surface area contributed by atoms with Gasteiger partial charge >= 0.3 is 0 Å². The van der Waals surface area contributed by atoms with Crippen molar-refractivity contribution < 1.29 is 4.80 Å². The Hall–Kier alpha value is -1.75. The van der Waals surface area contributed by atoms with E-state index in [9.17, 15) is 4.80 Å². The van der Waals surface area contributed by atoms with Crippen LogP contribution in [0.4, 0.5) is 0 Å². The van der Waals surface area contributed by atoms with E-state index in [1.807, 2.05) is 41.9 Å². The van der Waals surface area contributed by atoms with Crippen LogP contribution >= 0.6 is 11.3 Å². The summed E-state index contributed by atoms with van der Waals surface area (Å²) in [5.74, 6) is 0. The fourth-order valence-corrected chi connectivity index (χ4v) is 7.62. The molecule has 0 fully saturated rings. The van der Waals surface area contributed by atoms with Crippen molar-refractivity contribution in [2.75, 3.05) is 0 Å². The van der Waals surface area contributed by atoms with Gasteiger partial charge in [0.05, 0.1) is 11.2 Å². The van der Waals surface area contributed by atoms with Gasteiger partial charge in [-0.1, -0.05) is 74.5 Å². The van der Waals surface area contributed by atoms with Crippen LogP contribution in [0.25, 0.3) is 0 Å². The average molecular weight is 354 g/mol. The Bertz CT molecular complexity index is 717. The number of hydrogen-bond acceptors (Lipinski definition) is 3. The van der Waals surface area contributed by atoms with Gasteiger partial charge in [-0.05, 0) is 28.3 Å². The van der Waals surface area contributed by atoms with E-state index >= 15 is 0 Å². The van der Waals surface area contributed by atoms with Crippen molar-refractivity contribution in [3.8, 4) is 0 Å². The lowest BCUT2D eigenvalue weighted by Crippen LogP contribution is -2.65. The van der Waals surface area contributed by atoms with E-state index < -0.39 is 8.32 Å². The number of benzene rings is 2. The molecule has 0 bridgehead atoms. The number of aryl methyl sites for hydroxylation is 1. The largest absolute Gasteiger partial charge is 0.424 e. The van der Waals surface area contributed by atoms with Crippen molar-refractivity contribution in [1.29, 1.82) is 0 Å². The Morgan fingerprint density at radius 3 is 1.96 bits per heavy atom. The monoisotopic (exact) mass is 353 g/mol. The van der Waals surface area contributed by atoms with Gasteiger partial charge in [0.15, 0.2) is 0 Å². The van der Waals surface area contributed by atoms with Crippen molar-refractivity contribution in [3.05, 3.63) is 77.2 Å². The Labute approximate surface area is 149 Å². The lowest BCUT2D eigenvalue weighted by atomic mass is 10.1. The molecule has 1 heterocycles. The fraction of sp³-hybridized carbons (Fsp3) is 0.250. The van der Waals surface area contributed by atoms with Gasteiger partial charge < -0.3 is 4.80 Å². The molecule has 0 saturated heterocycles. The highest BCUT2D eigenvalue weighted by Crippen LogP contribution is 2.39. The zero-order chi connectivity index (χ0) is 17.0. The number of rotatable bonds is 6. The van der Waals surface area contributed by atoms with E-state index in [0.29, 0.717) is 0 Å². The molecule has 24 heavy (non-hydrogen) atoms. The molecule has 3 rings (SSSR count). The number of thiazole rings is 1. The highest BCUT2D eigenvalue weighted by atomic mass is 32.1. The molecule has 3 aromatic rings. The SMILES string of the molecule is CC(C)(CCc1cscn1)[Si](O)(c1ccccc1)c1ccccc1. The van der Waals surface area contributed by atoms with E-state index in [1.54, 1.807) is 11.3 Å².